The van der Waals surface area contributed by atoms with Crippen LogP contribution < -0.4 is 4.90 Å². The largest absolute Gasteiger partial charge is 0.367 e. The lowest BCUT2D eigenvalue weighted by molar-refractivity contribution is -0.0171. The number of morpholine rings is 1. The van der Waals surface area contributed by atoms with Crippen molar-refractivity contribution in [2.24, 2.45) is 0 Å². The average Bonchev–Trinajstić information content (AvgIpc) is 3.09. The first kappa shape index (κ1) is 17.3. The number of halogens is 2. The van der Waals surface area contributed by atoms with Crippen LogP contribution in [0.5, 0.6) is 0 Å². The summed E-state index contributed by atoms with van der Waals surface area (Å²) < 4.78 is 54.2. The van der Waals surface area contributed by atoms with Gasteiger partial charge in [0.25, 0.3) is 0 Å². The Labute approximate surface area is 143 Å². The standard InChI is InChI=1S/C16H17F2NO3S2/c1-11-8-19(9-15(22-11)12-6-7-23-10-12)13-2-4-14(5-3-13)24(20,21)16(17)18/h2-7,10-11,15-16H,8-9H2,1H3. The monoisotopic (exact) mass is 373 g/mol. The fraction of sp³-hybridized carbons (Fsp3) is 0.375. The maximum atomic E-state index is 12.6. The first-order valence-corrected chi connectivity index (χ1v) is 9.91. The lowest BCUT2D eigenvalue weighted by Crippen LogP contribution is -2.42. The molecule has 2 unspecified atom stereocenters. The summed E-state index contributed by atoms with van der Waals surface area (Å²) in [5, 5.41) is 4.03. The second-order valence-electron chi connectivity index (χ2n) is 5.70. The zero-order valence-electron chi connectivity index (χ0n) is 12.9. The second-order valence-corrected chi connectivity index (χ2v) is 8.39. The average molecular weight is 373 g/mol. The van der Waals surface area contributed by atoms with Crippen molar-refractivity contribution in [1.29, 1.82) is 0 Å². The van der Waals surface area contributed by atoms with Gasteiger partial charge in [-0.2, -0.15) is 20.1 Å². The fourth-order valence-corrected chi connectivity index (χ4v) is 4.18. The molecular formula is C16H17F2NO3S2. The van der Waals surface area contributed by atoms with Crippen molar-refractivity contribution < 1.29 is 21.9 Å². The van der Waals surface area contributed by atoms with E-state index in [2.05, 4.69) is 4.90 Å². The van der Waals surface area contributed by atoms with E-state index in [1.54, 1.807) is 23.5 Å². The predicted octanol–water partition coefficient (Wildman–Crippen LogP) is 3.71. The van der Waals surface area contributed by atoms with Gasteiger partial charge in [-0.25, -0.2) is 8.42 Å². The Morgan fingerprint density at radius 1 is 1.21 bits per heavy atom. The summed E-state index contributed by atoms with van der Waals surface area (Å²) >= 11 is 1.60. The molecule has 2 atom stereocenters. The highest BCUT2D eigenvalue weighted by Gasteiger charge is 2.29. The first-order chi connectivity index (χ1) is 11.4. The Balaban J connectivity index is 1.81. The molecule has 0 amide bonds. The number of hydrogen-bond donors (Lipinski definition) is 0. The molecule has 2 heterocycles. The number of hydrogen-bond acceptors (Lipinski definition) is 5. The molecule has 0 N–H and O–H groups in total. The third-order valence-corrected chi connectivity index (χ3v) is 6.04. The molecule has 0 aliphatic carbocycles. The number of sulfone groups is 1. The van der Waals surface area contributed by atoms with Crippen LogP contribution in [0, 0.1) is 0 Å². The molecule has 1 aliphatic rings. The van der Waals surface area contributed by atoms with Crippen molar-refractivity contribution in [3.8, 4) is 0 Å². The number of benzene rings is 1. The van der Waals surface area contributed by atoms with Gasteiger partial charge in [0, 0.05) is 18.8 Å². The zero-order chi connectivity index (χ0) is 17.3. The molecule has 130 valence electrons. The molecule has 0 radical (unpaired) electrons. The molecule has 0 saturated carbocycles. The van der Waals surface area contributed by atoms with Crippen LogP contribution in [0.4, 0.5) is 14.5 Å². The fourth-order valence-electron chi connectivity index (χ4n) is 2.75. The minimum absolute atomic E-state index is 0.00752. The molecule has 3 rings (SSSR count). The molecule has 1 fully saturated rings. The van der Waals surface area contributed by atoms with E-state index < -0.39 is 15.6 Å². The molecule has 8 heteroatoms. The van der Waals surface area contributed by atoms with Crippen LogP contribution in [-0.2, 0) is 14.6 Å². The van der Waals surface area contributed by atoms with Crippen molar-refractivity contribution in [3.63, 3.8) is 0 Å². The summed E-state index contributed by atoms with van der Waals surface area (Å²) in [7, 11) is -4.56. The van der Waals surface area contributed by atoms with Gasteiger partial charge < -0.3 is 9.64 Å². The van der Waals surface area contributed by atoms with Gasteiger partial charge in [0.05, 0.1) is 11.0 Å². The molecule has 4 nitrogen and oxygen atoms in total. The van der Waals surface area contributed by atoms with E-state index in [-0.39, 0.29) is 17.1 Å². The van der Waals surface area contributed by atoms with E-state index in [0.29, 0.717) is 13.1 Å². The summed E-state index contributed by atoms with van der Waals surface area (Å²) in [6, 6.07) is 7.62. The van der Waals surface area contributed by atoms with Gasteiger partial charge in [0.1, 0.15) is 6.10 Å². The van der Waals surface area contributed by atoms with Crippen molar-refractivity contribution in [3.05, 3.63) is 46.7 Å². The molecule has 2 aromatic rings. The smallest absolute Gasteiger partial charge is 0.341 e. The van der Waals surface area contributed by atoms with E-state index in [9.17, 15) is 17.2 Å². The minimum Gasteiger partial charge on any atom is -0.367 e. The number of thiophene rings is 1. The van der Waals surface area contributed by atoms with Gasteiger partial charge in [0.15, 0.2) is 0 Å². The van der Waals surface area contributed by atoms with Gasteiger partial charge in [-0.05, 0) is 53.6 Å². The number of nitrogens with zero attached hydrogens (tertiary/aromatic N) is 1. The maximum absolute atomic E-state index is 12.6. The Bertz CT molecular complexity index is 776. The lowest BCUT2D eigenvalue weighted by Gasteiger charge is -2.38. The highest BCUT2D eigenvalue weighted by molar-refractivity contribution is 7.91. The molecule has 0 bridgehead atoms. The zero-order valence-corrected chi connectivity index (χ0v) is 14.6. The second kappa shape index (κ2) is 6.78. The van der Waals surface area contributed by atoms with Gasteiger partial charge >= 0.3 is 5.76 Å². The SMILES string of the molecule is CC1CN(c2ccc(S(=O)(=O)C(F)F)cc2)CC(c2ccsc2)O1. The van der Waals surface area contributed by atoms with Crippen molar-refractivity contribution in [2.75, 3.05) is 18.0 Å². The molecule has 1 aromatic carbocycles. The van der Waals surface area contributed by atoms with Crippen molar-refractivity contribution in [1.82, 2.24) is 0 Å². The minimum atomic E-state index is -4.56. The summed E-state index contributed by atoms with van der Waals surface area (Å²) in [6.07, 6.45) is -0.0578. The van der Waals surface area contributed by atoms with Crippen LogP contribution >= 0.6 is 11.3 Å². The van der Waals surface area contributed by atoms with E-state index >= 15 is 0 Å². The van der Waals surface area contributed by atoms with Gasteiger partial charge in [-0.1, -0.05) is 0 Å². The van der Waals surface area contributed by atoms with Gasteiger partial charge in [-0.3, -0.25) is 0 Å². The van der Waals surface area contributed by atoms with E-state index in [1.807, 2.05) is 23.8 Å². The van der Waals surface area contributed by atoms with Crippen molar-refractivity contribution >= 4 is 26.9 Å². The Hall–Kier alpha value is -1.51. The highest BCUT2D eigenvalue weighted by atomic mass is 32.2. The first-order valence-electron chi connectivity index (χ1n) is 7.42. The van der Waals surface area contributed by atoms with E-state index in [1.165, 1.54) is 12.1 Å². The maximum Gasteiger partial charge on any atom is 0.341 e. The van der Waals surface area contributed by atoms with Crippen LogP contribution in [0.15, 0.2) is 46.0 Å². The number of ether oxygens (including phenoxy) is 1. The quantitative estimate of drug-likeness (QED) is 0.820. The third kappa shape index (κ3) is 3.45. The summed E-state index contributed by atoms with van der Waals surface area (Å²) in [4.78, 5) is 1.71. The number of rotatable bonds is 4. The normalized spacial score (nSPS) is 22.1. The summed E-state index contributed by atoms with van der Waals surface area (Å²) in [5.41, 5.74) is 1.90. The third-order valence-electron chi connectivity index (χ3n) is 3.94. The Kier molecular flexibility index (Phi) is 4.89. The van der Waals surface area contributed by atoms with Crippen LogP contribution in [0.25, 0.3) is 0 Å². The van der Waals surface area contributed by atoms with Crippen LogP contribution in [0.2, 0.25) is 0 Å². The molecule has 24 heavy (non-hydrogen) atoms. The van der Waals surface area contributed by atoms with Crippen LogP contribution in [0.1, 0.15) is 18.6 Å². The molecular weight excluding hydrogens is 356 g/mol. The predicted molar refractivity (Wildman–Crippen MR) is 89.5 cm³/mol. The molecule has 1 saturated heterocycles. The Morgan fingerprint density at radius 2 is 1.92 bits per heavy atom. The summed E-state index contributed by atoms with van der Waals surface area (Å²) in [6.45, 7) is 3.25. The molecule has 0 spiro atoms. The van der Waals surface area contributed by atoms with Crippen LogP contribution in [0.3, 0.4) is 0 Å². The Morgan fingerprint density at radius 3 is 2.50 bits per heavy atom. The van der Waals surface area contributed by atoms with Gasteiger partial charge in [-0.15, -0.1) is 0 Å². The molecule has 1 aliphatic heterocycles. The summed E-state index contributed by atoms with van der Waals surface area (Å²) in [5.74, 6) is -3.41. The van der Waals surface area contributed by atoms with Gasteiger partial charge in [0.2, 0.25) is 9.84 Å². The van der Waals surface area contributed by atoms with Crippen LogP contribution in [-0.4, -0.2) is 33.4 Å². The molecule has 1 aromatic heterocycles. The lowest BCUT2D eigenvalue weighted by atomic mass is 10.1. The van der Waals surface area contributed by atoms with Crippen molar-refractivity contribution in [2.45, 2.75) is 29.8 Å². The number of anilines is 1. The van der Waals surface area contributed by atoms with E-state index in [0.717, 1.165) is 11.3 Å². The topological polar surface area (TPSA) is 46.6 Å². The number of alkyl halides is 2. The van der Waals surface area contributed by atoms with E-state index in [4.69, 9.17) is 4.74 Å². The highest BCUT2D eigenvalue weighted by Crippen LogP contribution is 2.30.